The van der Waals surface area contributed by atoms with Crippen molar-refractivity contribution < 1.29 is 43.7 Å². The summed E-state index contributed by atoms with van der Waals surface area (Å²) < 4.78 is 11.6. The van der Waals surface area contributed by atoms with Crippen LogP contribution in [-0.4, -0.2) is 71.1 Å². The van der Waals surface area contributed by atoms with Gasteiger partial charge in [-0.25, -0.2) is 4.79 Å². The molecule has 326 valence electrons. The maximum absolute atomic E-state index is 14.5. The molecular weight excluding hydrogens is 767 g/mol. The van der Waals surface area contributed by atoms with Crippen molar-refractivity contribution in [3.63, 3.8) is 0 Å². The second-order valence-electron chi connectivity index (χ2n) is 16.0. The number of phenols is 1. The van der Waals surface area contributed by atoms with E-state index >= 15 is 0 Å². The summed E-state index contributed by atoms with van der Waals surface area (Å²) in [6, 6.07) is 11.7. The Morgan fingerprint density at radius 2 is 1.55 bits per heavy atom. The van der Waals surface area contributed by atoms with Crippen LogP contribution in [0.1, 0.15) is 114 Å². The Kier molecular flexibility index (Phi) is 18.7. The van der Waals surface area contributed by atoms with Gasteiger partial charge in [0.25, 0.3) is 0 Å². The van der Waals surface area contributed by atoms with Crippen LogP contribution in [0.4, 0.5) is 0 Å². The van der Waals surface area contributed by atoms with Gasteiger partial charge in [0.05, 0.1) is 19.2 Å². The van der Waals surface area contributed by atoms with E-state index in [0.717, 1.165) is 25.7 Å². The Morgan fingerprint density at radius 3 is 2.17 bits per heavy atom. The molecule has 3 aromatic rings. The summed E-state index contributed by atoms with van der Waals surface area (Å²) in [7, 11) is 1.33. The summed E-state index contributed by atoms with van der Waals surface area (Å²) in [4.78, 5) is 68.5. The van der Waals surface area contributed by atoms with Gasteiger partial charge in [0.15, 0.2) is 17.5 Å². The molecule has 5 rings (SSSR count). The number of phenolic OH excluding ortho intramolecular Hbond substituents is 1. The molecule has 14 heteroatoms. The Hall–Kier alpha value is -5.63. The van der Waals surface area contributed by atoms with Crippen LogP contribution in [0.25, 0.3) is 0 Å². The standard InChI is InChI=1S/C46H63N5O9/c1-5-6-7-8-9-10-11-12-16-19-39(53)50-41(46(57)58)40-32-27-37(52)42(59-4)38(28-32)60-33-22-20-31(21-23-33)26-35(48-43(54)34(47)24-29(2)3)44(55)49-36(45(56)51-40)25-30-17-14-13-15-18-30/h13-15,17-18,20-23,27-29,34-36,40-41,52H,5-12,16,19,24-26,47H2,1-4H3,(H,48,54)(H,49,55)(H,50,53)(H,51,56)(H,57,58)/t34-,35-,36+,40-,41-/m1/s1. The van der Waals surface area contributed by atoms with Gasteiger partial charge in [0.2, 0.25) is 29.4 Å². The number of nitrogens with one attached hydrogen (secondary N) is 4. The van der Waals surface area contributed by atoms with Gasteiger partial charge in [-0.2, -0.15) is 0 Å². The third kappa shape index (κ3) is 14.6. The number of nitrogens with two attached hydrogens (primary N) is 1. The van der Waals surface area contributed by atoms with Crippen molar-refractivity contribution in [1.82, 2.24) is 21.3 Å². The van der Waals surface area contributed by atoms with E-state index in [2.05, 4.69) is 28.2 Å². The van der Waals surface area contributed by atoms with Crippen LogP contribution in [0.2, 0.25) is 0 Å². The summed E-state index contributed by atoms with van der Waals surface area (Å²) in [6.07, 6.45) is 9.77. The summed E-state index contributed by atoms with van der Waals surface area (Å²) in [5.74, 6) is -3.99. The zero-order valence-corrected chi connectivity index (χ0v) is 35.3. The van der Waals surface area contributed by atoms with Crippen molar-refractivity contribution in [1.29, 1.82) is 0 Å². The smallest absolute Gasteiger partial charge is 0.328 e. The number of aliphatic carboxylic acids is 1. The fourth-order valence-corrected chi connectivity index (χ4v) is 7.30. The van der Waals surface area contributed by atoms with Crippen LogP contribution in [0.5, 0.6) is 23.0 Å². The number of hydrogen-bond donors (Lipinski definition) is 7. The number of ether oxygens (including phenoxy) is 2. The fraction of sp³-hybridized carbons (Fsp3) is 0.500. The molecular formula is C46H63N5O9. The molecule has 0 fully saturated rings. The van der Waals surface area contributed by atoms with E-state index < -0.39 is 65.6 Å². The van der Waals surface area contributed by atoms with Crippen LogP contribution in [0, 0.1) is 5.92 Å². The lowest BCUT2D eigenvalue weighted by Gasteiger charge is -2.30. The number of aromatic hydroxyl groups is 1. The molecule has 2 aliphatic rings. The lowest BCUT2D eigenvalue weighted by Crippen LogP contribution is -2.58. The van der Waals surface area contributed by atoms with Gasteiger partial charge in [-0.05, 0) is 59.7 Å². The van der Waals surface area contributed by atoms with Crippen LogP contribution in [-0.2, 0) is 36.8 Å². The van der Waals surface area contributed by atoms with Gasteiger partial charge in [0.1, 0.15) is 17.8 Å². The molecule has 0 radical (unpaired) electrons. The molecule has 0 saturated carbocycles. The van der Waals surface area contributed by atoms with Gasteiger partial charge >= 0.3 is 5.97 Å². The maximum Gasteiger partial charge on any atom is 0.328 e. The quantitative estimate of drug-likeness (QED) is 0.0661. The van der Waals surface area contributed by atoms with E-state index in [0.29, 0.717) is 29.7 Å². The minimum absolute atomic E-state index is 0.00942. The third-order valence-electron chi connectivity index (χ3n) is 10.5. The van der Waals surface area contributed by atoms with Gasteiger partial charge < -0.3 is 46.7 Å². The zero-order chi connectivity index (χ0) is 43.6. The molecule has 0 spiro atoms. The SMILES string of the molecule is CCCCCCCCCCCC(=O)N[C@@H](C(=O)O)[C@@H]1NC(=O)[C@H](Cc2ccccc2)NC(=O)[C@H](NC(=O)[C@H](N)CC(C)C)Cc2ccc(cc2)Oc2cc1cc(O)c2OC. The molecule has 4 amide bonds. The first-order valence-electron chi connectivity index (χ1n) is 21.2. The topological polar surface area (TPSA) is 218 Å². The Bertz CT molecular complexity index is 1870. The average molecular weight is 830 g/mol. The third-order valence-corrected chi connectivity index (χ3v) is 10.5. The Labute approximate surface area is 353 Å². The second-order valence-corrected chi connectivity index (χ2v) is 16.0. The van der Waals surface area contributed by atoms with E-state index in [4.69, 9.17) is 15.2 Å². The predicted octanol–water partition coefficient (Wildman–Crippen LogP) is 5.98. The molecule has 8 N–H and O–H groups in total. The number of hydrogen-bond acceptors (Lipinski definition) is 9. The molecule has 14 nitrogen and oxygen atoms in total. The average Bonchev–Trinajstić information content (AvgIpc) is 3.21. The van der Waals surface area contributed by atoms with Crippen molar-refractivity contribution in [2.24, 2.45) is 11.7 Å². The summed E-state index contributed by atoms with van der Waals surface area (Å²) in [5, 5.41) is 32.8. The summed E-state index contributed by atoms with van der Waals surface area (Å²) >= 11 is 0. The second kappa shape index (κ2) is 23.8. The number of amides is 4. The minimum atomic E-state index is -1.72. The molecule has 60 heavy (non-hydrogen) atoms. The van der Waals surface area contributed by atoms with Crippen LogP contribution in [0.15, 0.2) is 66.7 Å². The normalized spacial score (nSPS) is 17.8. The number of fused-ring (bicyclic) bond motifs is 9. The molecule has 0 saturated heterocycles. The molecule has 2 heterocycles. The first kappa shape index (κ1) is 47.1. The summed E-state index contributed by atoms with van der Waals surface area (Å²) in [5.41, 5.74) is 7.62. The van der Waals surface area contributed by atoms with Crippen molar-refractivity contribution in [2.75, 3.05) is 7.11 Å². The van der Waals surface area contributed by atoms with E-state index in [1.54, 1.807) is 54.6 Å². The number of carbonyl (C=O) groups is 5. The first-order chi connectivity index (χ1) is 28.8. The van der Waals surface area contributed by atoms with Gasteiger partial charge in [-0.3, -0.25) is 19.2 Å². The van der Waals surface area contributed by atoms with Crippen molar-refractivity contribution >= 4 is 29.6 Å². The zero-order valence-electron chi connectivity index (χ0n) is 35.3. The summed E-state index contributed by atoms with van der Waals surface area (Å²) in [6.45, 7) is 6.04. The molecule has 0 unspecified atom stereocenters. The Balaban J connectivity index is 1.73. The van der Waals surface area contributed by atoms with Gasteiger partial charge in [-0.1, -0.05) is 115 Å². The van der Waals surface area contributed by atoms with Crippen LogP contribution >= 0.6 is 0 Å². The molecule has 3 aromatic carbocycles. The van der Waals surface area contributed by atoms with Crippen molar-refractivity contribution in [3.05, 3.63) is 83.4 Å². The van der Waals surface area contributed by atoms with Crippen molar-refractivity contribution in [3.8, 4) is 23.0 Å². The maximum atomic E-state index is 14.5. The highest BCUT2D eigenvalue weighted by Gasteiger charge is 2.37. The first-order valence-corrected chi connectivity index (χ1v) is 21.2. The Morgan fingerprint density at radius 1 is 0.900 bits per heavy atom. The van der Waals surface area contributed by atoms with E-state index in [9.17, 15) is 34.2 Å². The molecule has 0 aromatic heterocycles. The molecule has 4 bridgehead atoms. The lowest BCUT2D eigenvalue weighted by molar-refractivity contribution is -0.143. The predicted molar refractivity (Wildman–Crippen MR) is 229 cm³/mol. The van der Waals surface area contributed by atoms with Crippen molar-refractivity contribution in [2.45, 2.75) is 134 Å². The lowest BCUT2D eigenvalue weighted by atomic mass is 9.96. The number of unbranched alkanes of at least 4 members (excludes halogenated alkanes) is 8. The number of carbonyl (C=O) groups excluding carboxylic acids is 4. The van der Waals surface area contributed by atoms with Crippen LogP contribution < -0.4 is 36.5 Å². The number of methoxy groups -OCH3 is 1. The number of benzene rings is 3. The largest absolute Gasteiger partial charge is 0.504 e. The van der Waals surface area contributed by atoms with E-state index in [1.807, 2.05) is 13.8 Å². The van der Waals surface area contributed by atoms with Gasteiger partial charge in [0, 0.05) is 19.3 Å². The van der Waals surface area contributed by atoms with E-state index in [-0.39, 0.29) is 42.2 Å². The van der Waals surface area contributed by atoms with Gasteiger partial charge in [-0.15, -0.1) is 0 Å². The minimum Gasteiger partial charge on any atom is -0.504 e. The molecule has 5 atom stereocenters. The number of rotatable bonds is 20. The number of carboxylic acids is 1. The number of carboxylic acid groups (broad SMARTS) is 1. The van der Waals surface area contributed by atoms with Crippen LogP contribution in [0.3, 0.4) is 0 Å². The fourth-order valence-electron chi connectivity index (χ4n) is 7.30. The highest BCUT2D eigenvalue weighted by molar-refractivity contribution is 5.94. The van der Waals surface area contributed by atoms with E-state index in [1.165, 1.54) is 44.9 Å². The highest BCUT2D eigenvalue weighted by Crippen LogP contribution is 2.42. The molecule has 2 aliphatic heterocycles. The monoisotopic (exact) mass is 829 g/mol. The highest BCUT2D eigenvalue weighted by atomic mass is 16.5. The molecule has 0 aliphatic carbocycles.